The van der Waals surface area contributed by atoms with Gasteiger partial charge in [0, 0.05) is 13.2 Å². The summed E-state index contributed by atoms with van der Waals surface area (Å²) in [5.41, 5.74) is 0. The van der Waals surface area contributed by atoms with E-state index in [0.717, 1.165) is 39.4 Å². The molecule has 0 spiro atoms. The van der Waals surface area contributed by atoms with Crippen molar-refractivity contribution in [3.05, 3.63) is 0 Å². The number of nitrogens with zero attached hydrogens (tertiary/aromatic N) is 1. The molecule has 110 valence electrons. The van der Waals surface area contributed by atoms with Gasteiger partial charge in [0.05, 0.1) is 19.8 Å². The number of unbranched alkanes of at least 4 members (excludes halogenated alkanes) is 2. The lowest BCUT2D eigenvalue weighted by Gasteiger charge is -2.21. The molecule has 18 heavy (non-hydrogen) atoms. The lowest BCUT2D eigenvalue weighted by atomic mass is 10.2. The molecule has 0 aliphatic heterocycles. The summed E-state index contributed by atoms with van der Waals surface area (Å²) < 4.78 is 11.0. The molecule has 0 fully saturated rings. The van der Waals surface area contributed by atoms with E-state index in [0.29, 0.717) is 0 Å². The Morgan fingerprint density at radius 2 is 1.17 bits per heavy atom. The third kappa shape index (κ3) is 12.3. The normalized spacial score (nSPS) is 11.3. The van der Waals surface area contributed by atoms with Crippen LogP contribution in [0.1, 0.15) is 52.9 Å². The van der Waals surface area contributed by atoms with Crippen molar-refractivity contribution in [2.45, 2.75) is 52.9 Å². The van der Waals surface area contributed by atoms with Gasteiger partial charge in [-0.15, -0.1) is 0 Å². The largest absolute Gasteiger partial charge is 0.379 e. The van der Waals surface area contributed by atoms with Gasteiger partial charge in [-0.05, 0) is 32.4 Å². The molecule has 0 radical (unpaired) electrons. The summed E-state index contributed by atoms with van der Waals surface area (Å²) >= 11 is 0. The van der Waals surface area contributed by atoms with Crippen LogP contribution in [0.4, 0.5) is 0 Å². The fraction of sp³-hybridized carbons (Fsp3) is 1.00. The molecule has 0 aliphatic carbocycles. The highest BCUT2D eigenvalue weighted by Gasteiger charge is 2.03. The first kappa shape index (κ1) is 17.9. The van der Waals surface area contributed by atoms with Crippen molar-refractivity contribution < 1.29 is 9.47 Å². The molecule has 3 nitrogen and oxygen atoms in total. The van der Waals surface area contributed by atoms with Crippen molar-refractivity contribution in [2.24, 2.45) is 0 Å². The predicted octanol–water partition coefficient (Wildman–Crippen LogP) is 3.33. The van der Waals surface area contributed by atoms with Gasteiger partial charge in [0.2, 0.25) is 0 Å². The lowest BCUT2D eigenvalue weighted by Crippen LogP contribution is -2.30. The minimum atomic E-state index is 0.732. The van der Waals surface area contributed by atoms with Crippen molar-refractivity contribution in [1.29, 1.82) is 0 Å². The topological polar surface area (TPSA) is 21.7 Å². The first-order valence-electron chi connectivity index (χ1n) is 7.72. The highest BCUT2D eigenvalue weighted by molar-refractivity contribution is 4.57. The van der Waals surface area contributed by atoms with Gasteiger partial charge in [-0.25, -0.2) is 0 Å². The van der Waals surface area contributed by atoms with Crippen LogP contribution in [0.3, 0.4) is 0 Å². The first-order chi connectivity index (χ1) is 8.85. The second kappa shape index (κ2) is 14.9. The van der Waals surface area contributed by atoms with Crippen LogP contribution in [0.5, 0.6) is 0 Å². The van der Waals surface area contributed by atoms with E-state index in [4.69, 9.17) is 9.47 Å². The zero-order valence-corrected chi connectivity index (χ0v) is 12.7. The second-order valence-corrected chi connectivity index (χ2v) is 4.77. The zero-order chi connectivity index (χ0) is 13.5. The maximum absolute atomic E-state index is 5.60. The van der Waals surface area contributed by atoms with Crippen LogP contribution in [-0.2, 0) is 9.47 Å². The van der Waals surface area contributed by atoms with E-state index in [1.165, 1.54) is 38.8 Å². The van der Waals surface area contributed by atoms with Crippen molar-refractivity contribution >= 4 is 0 Å². The molecular weight excluding hydrogens is 226 g/mol. The zero-order valence-electron chi connectivity index (χ0n) is 12.7. The highest BCUT2D eigenvalue weighted by Crippen LogP contribution is 1.99. The summed E-state index contributed by atoms with van der Waals surface area (Å²) in [7, 11) is 0. The van der Waals surface area contributed by atoms with E-state index >= 15 is 0 Å². The van der Waals surface area contributed by atoms with Crippen molar-refractivity contribution in [3.8, 4) is 0 Å². The van der Waals surface area contributed by atoms with Gasteiger partial charge < -0.3 is 14.4 Å². The van der Waals surface area contributed by atoms with E-state index in [1.807, 2.05) is 0 Å². The van der Waals surface area contributed by atoms with Crippen LogP contribution in [0.25, 0.3) is 0 Å². The average Bonchev–Trinajstić information content (AvgIpc) is 2.40. The van der Waals surface area contributed by atoms with Crippen molar-refractivity contribution in [2.75, 3.05) is 46.1 Å². The summed E-state index contributed by atoms with van der Waals surface area (Å²) in [6.45, 7) is 13.3. The molecule has 0 atom stereocenters. The maximum atomic E-state index is 5.60. The Balaban J connectivity index is 3.43. The van der Waals surface area contributed by atoms with E-state index in [1.54, 1.807) is 0 Å². The molecule has 0 aromatic rings. The van der Waals surface area contributed by atoms with E-state index < -0.39 is 0 Å². The highest BCUT2D eigenvalue weighted by atomic mass is 16.5. The van der Waals surface area contributed by atoms with E-state index in [-0.39, 0.29) is 0 Å². The number of ether oxygens (including phenoxy) is 2. The number of hydrogen-bond acceptors (Lipinski definition) is 3. The molecule has 0 aliphatic rings. The average molecular weight is 259 g/mol. The van der Waals surface area contributed by atoms with Gasteiger partial charge in [-0.1, -0.05) is 33.6 Å². The lowest BCUT2D eigenvalue weighted by molar-refractivity contribution is 0.0385. The molecule has 0 unspecified atom stereocenters. The van der Waals surface area contributed by atoms with Crippen LogP contribution in [-0.4, -0.2) is 51.0 Å². The number of rotatable bonds is 14. The summed E-state index contributed by atoms with van der Waals surface area (Å²) in [5.74, 6) is 0. The third-order valence-electron chi connectivity index (χ3n) is 2.93. The second-order valence-electron chi connectivity index (χ2n) is 4.77. The Morgan fingerprint density at radius 1 is 0.611 bits per heavy atom. The fourth-order valence-electron chi connectivity index (χ4n) is 1.76. The van der Waals surface area contributed by atoms with Gasteiger partial charge in [0.1, 0.15) is 0 Å². The Kier molecular flexibility index (Phi) is 14.8. The van der Waals surface area contributed by atoms with Crippen LogP contribution in [0, 0.1) is 0 Å². The van der Waals surface area contributed by atoms with Crippen molar-refractivity contribution in [3.63, 3.8) is 0 Å². The molecular formula is C15H33NO2. The quantitative estimate of drug-likeness (QED) is 0.447. The summed E-state index contributed by atoms with van der Waals surface area (Å²) in [6.07, 6.45) is 6.22. The summed E-state index contributed by atoms with van der Waals surface area (Å²) in [6, 6.07) is 0. The van der Waals surface area contributed by atoms with Crippen LogP contribution < -0.4 is 0 Å². The molecule has 0 N–H and O–H groups in total. The molecule has 3 heteroatoms. The standard InChI is InChI=1S/C15H33NO2/c1-4-7-9-16(10-8-5-2)11-13-18-15-14-17-12-6-3/h4-15H2,1-3H3. The summed E-state index contributed by atoms with van der Waals surface area (Å²) in [5, 5.41) is 0. The molecule has 0 heterocycles. The summed E-state index contributed by atoms with van der Waals surface area (Å²) in [4.78, 5) is 2.53. The Labute approximate surface area is 114 Å². The van der Waals surface area contributed by atoms with Gasteiger partial charge in [0.15, 0.2) is 0 Å². The molecule has 0 amide bonds. The Bertz CT molecular complexity index is 145. The Morgan fingerprint density at radius 3 is 1.67 bits per heavy atom. The van der Waals surface area contributed by atoms with Crippen LogP contribution >= 0.6 is 0 Å². The predicted molar refractivity (Wildman–Crippen MR) is 78.2 cm³/mol. The third-order valence-corrected chi connectivity index (χ3v) is 2.93. The van der Waals surface area contributed by atoms with Gasteiger partial charge in [-0.2, -0.15) is 0 Å². The molecule has 0 aromatic heterocycles. The molecule has 0 saturated heterocycles. The van der Waals surface area contributed by atoms with Gasteiger partial charge >= 0.3 is 0 Å². The molecule has 0 aromatic carbocycles. The molecule has 0 rings (SSSR count). The van der Waals surface area contributed by atoms with Crippen LogP contribution in [0.15, 0.2) is 0 Å². The SMILES string of the molecule is CCCCN(CCCC)CCOCCOCCC. The smallest absolute Gasteiger partial charge is 0.0701 e. The Hall–Kier alpha value is -0.120. The monoisotopic (exact) mass is 259 g/mol. The maximum Gasteiger partial charge on any atom is 0.0701 e. The van der Waals surface area contributed by atoms with Crippen molar-refractivity contribution in [1.82, 2.24) is 4.90 Å². The number of hydrogen-bond donors (Lipinski definition) is 0. The first-order valence-corrected chi connectivity index (χ1v) is 7.72. The van der Waals surface area contributed by atoms with Gasteiger partial charge in [-0.3, -0.25) is 0 Å². The van der Waals surface area contributed by atoms with Crippen LogP contribution in [0.2, 0.25) is 0 Å². The minimum absolute atomic E-state index is 0.732. The van der Waals surface area contributed by atoms with E-state index in [9.17, 15) is 0 Å². The molecule has 0 bridgehead atoms. The minimum Gasteiger partial charge on any atom is -0.379 e. The van der Waals surface area contributed by atoms with Gasteiger partial charge in [0.25, 0.3) is 0 Å². The van der Waals surface area contributed by atoms with E-state index in [2.05, 4.69) is 25.7 Å². The fourth-order valence-corrected chi connectivity index (χ4v) is 1.76. The molecule has 0 saturated carbocycles.